The number of piperidine rings is 1. The summed E-state index contributed by atoms with van der Waals surface area (Å²) in [4.78, 5) is 26.6. The van der Waals surface area contributed by atoms with E-state index in [1.807, 2.05) is 0 Å². The van der Waals surface area contributed by atoms with E-state index in [1.165, 1.54) is 23.5 Å². The summed E-state index contributed by atoms with van der Waals surface area (Å²) in [6, 6.07) is 4.32. The van der Waals surface area contributed by atoms with Gasteiger partial charge in [-0.3, -0.25) is 9.59 Å². The van der Waals surface area contributed by atoms with Gasteiger partial charge in [0.15, 0.2) is 0 Å². The van der Waals surface area contributed by atoms with Crippen LogP contribution in [0.25, 0.3) is 0 Å². The largest absolute Gasteiger partial charge is 0.338 e. The van der Waals surface area contributed by atoms with Gasteiger partial charge < -0.3 is 10.2 Å². The minimum absolute atomic E-state index is 0.153. The fourth-order valence-electron chi connectivity index (χ4n) is 2.77. The zero-order valence-corrected chi connectivity index (χ0v) is 14.0. The van der Waals surface area contributed by atoms with Crippen LogP contribution in [0.15, 0.2) is 23.7 Å². The molecular weight excluding hydrogens is 331 g/mol. The van der Waals surface area contributed by atoms with Crippen molar-refractivity contribution in [1.82, 2.24) is 15.1 Å². The van der Waals surface area contributed by atoms with E-state index in [1.54, 1.807) is 23.4 Å². The average molecular weight is 348 g/mol. The molecule has 2 heterocycles. The Bertz CT molecular complexity index is 751. The molecule has 0 saturated carbocycles. The molecule has 0 radical (unpaired) electrons. The third kappa shape index (κ3) is 3.59. The van der Waals surface area contributed by atoms with Crippen molar-refractivity contribution in [3.8, 4) is 0 Å². The van der Waals surface area contributed by atoms with E-state index >= 15 is 0 Å². The number of aryl methyl sites for hydroxylation is 1. The van der Waals surface area contributed by atoms with Crippen LogP contribution in [0.1, 0.15) is 28.8 Å². The second-order valence-corrected chi connectivity index (χ2v) is 6.62. The molecule has 1 N–H and O–H groups in total. The lowest BCUT2D eigenvalue weighted by Gasteiger charge is -2.32. The summed E-state index contributed by atoms with van der Waals surface area (Å²) in [5.74, 6) is -0.946. The van der Waals surface area contributed by atoms with E-state index < -0.39 is 0 Å². The summed E-state index contributed by atoms with van der Waals surface area (Å²) in [6.45, 7) is 2.57. The molecule has 0 bridgehead atoms. The van der Waals surface area contributed by atoms with Crippen molar-refractivity contribution in [1.29, 1.82) is 0 Å². The predicted octanol–water partition coefficient (Wildman–Crippen LogP) is 2.48. The standard InChI is InChI=1S/C16H17FN4O2S/c1-10-7-11(4-5-13(10)17)15(23)21-6-2-3-12(8-21)14(22)19-16-20-18-9-24-16/h4-5,7,9,12H,2-3,6,8H2,1H3,(H,19,20,22)/t12-/m1/s1. The molecule has 1 aromatic heterocycles. The van der Waals surface area contributed by atoms with E-state index in [0.29, 0.717) is 29.3 Å². The van der Waals surface area contributed by atoms with Crippen LogP contribution in [0.4, 0.5) is 9.52 Å². The minimum Gasteiger partial charge on any atom is -0.338 e. The van der Waals surface area contributed by atoms with Crippen LogP contribution >= 0.6 is 11.3 Å². The van der Waals surface area contributed by atoms with Gasteiger partial charge in [-0.15, -0.1) is 10.2 Å². The highest BCUT2D eigenvalue weighted by atomic mass is 32.1. The number of anilines is 1. The monoisotopic (exact) mass is 348 g/mol. The van der Waals surface area contributed by atoms with Gasteiger partial charge >= 0.3 is 0 Å². The first-order valence-electron chi connectivity index (χ1n) is 7.67. The molecule has 2 aromatic rings. The van der Waals surface area contributed by atoms with Gasteiger partial charge in [0.1, 0.15) is 11.3 Å². The van der Waals surface area contributed by atoms with Crippen molar-refractivity contribution in [2.45, 2.75) is 19.8 Å². The fraction of sp³-hybridized carbons (Fsp3) is 0.375. The van der Waals surface area contributed by atoms with Crippen molar-refractivity contribution in [3.05, 3.63) is 40.7 Å². The quantitative estimate of drug-likeness (QED) is 0.925. The van der Waals surface area contributed by atoms with Crippen LogP contribution in [0.3, 0.4) is 0 Å². The van der Waals surface area contributed by atoms with Crippen molar-refractivity contribution >= 4 is 28.3 Å². The zero-order chi connectivity index (χ0) is 17.1. The van der Waals surface area contributed by atoms with Gasteiger partial charge in [-0.2, -0.15) is 0 Å². The van der Waals surface area contributed by atoms with Gasteiger partial charge in [-0.25, -0.2) is 4.39 Å². The number of rotatable bonds is 3. The summed E-state index contributed by atoms with van der Waals surface area (Å²) in [6.07, 6.45) is 1.47. The predicted molar refractivity (Wildman–Crippen MR) is 88.3 cm³/mol. The number of aromatic nitrogens is 2. The number of benzene rings is 1. The van der Waals surface area contributed by atoms with Gasteiger partial charge in [-0.05, 0) is 43.5 Å². The maximum Gasteiger partial charge on any atom is 0.253 e. The molecule has 1 aromatic carbocycles. The number of hydrogen-bond acceptors (Lipinski definition) is 5. The number of nitrogens with zero attached hydrogens (tertiary/aromatic N) is 3. The highest BCUT2D eigenvalue weighted by molar-refractivity contribution is 7.13. The van der Waals surface area contributed by atoms with Crippen molar-refractivity contribution in [2.75, 3.05) is 18.4 Å². The van der Waals surface area contributed by atoms with E-state index in [4.69, 9.17) is 0 Å². The number of halogens is 1. The second kappa shape index (κ2) is 7.04. The van der Waals surface area contributed by atoms with Gasteiger partial charge in [0, 0.05) is 18.7 Å². The molecule has 3 rings (SSSR count). The van der Waals surface area contributed by atoms with E-state index in [9.17, 15) is 14.0 Å². The first-order chi connectivity index (χ1) is 11.5. The van der Waals surface area contributed by atoms with Crippen LogP contribution in [0.2, 0.25) is 0 Å². The van der Waals surface area contributed by atoms with Crippen molar-refractivity contribution in [2.24, 2.45) is 5.92 Å². The molecule has 1 aliphatic rings. The van der Waals surface area contributed by atoms with E-state index in [-0.39, 0.29) is 23.5 Å². The lowest BCUT2D eigenvalue weighted by molar-refractivity contribution is -0.121. The first kappa shape index (κ1) is 16.5. The maximum absolute atomic E-state index is 13.4. The van der Waals surface area contributed by atoms with Gasteiger partial charge in [0.25, 0.3) is 5.91 Å². The Balaban J connectivity index is 1.67. The van der Waals surface area contributed by atoms with Crippen LogP contribution in [0, 0.1) is 18.7 Å². The molecule has 1 fully saturated rings. The Morgan fingerprint density at radius 3 is 2.96 bits per heavy atom. The zero-order valence-electron chi connectivity index (χ0n) is 13.2. The Hall–Kier alpha value is -2.35. The number of carbonyl (C=O) groups excluding carboxylic acids is 2. The summed E-state index contributed by atoms with van der Waals surface area (Å²) in [5.41, 5.74) is 2.42. The fourth-order valence-corrected chi connectivity index (χ4v) is 3.22. The molecule has 0 aliphatic carbocycles. The first-order valence-corrected chi connectivity index (χ1v) is 8.55. The van der Waals surface area contributed by atoms with Gasteiger partial charge in [-0.1, -0.05) is 11.3 Å². The molecule has 0 unspecified atom stereocenters. The number of amides is 2. The van der Waals surface area contributed by atoms with Crippen LogP contribution in [-0.2, 0) is 4.79 Å². The van der Waals surface area contributed by atoms with Crippen molar-refractivity contribution < 1.29 is 14.0 Å². The normalized spacial score (nSPS) is 17.6. The maximum atomic E-state index is 13.4. The van der Waals surface area contributed by atoms with Crippen LogP contribution < -0.4 is 5.32 Å². The molecule has 2 amide bonds. The molecule has 1 saturated heterocycles. The molecule has 1 atom stereocenters. The van der Waals surface area contributed by atoms with E-state index in [2.05, 4.69) is 15.5 Å². The highest BCUT2D eigenvalue weighted by Gasteiger charge is 2.29. The van der Waals surface area contributed by atoms with Crippen molar-refractivity contribution in [3.63, 3.8) is 0 Å². The SMILES string of the molecule is Cc1cc(C(=O)N2CCC[C@@H](C(=O)Nc3nncs3)C2)ccc1F. The van der Waals surface area contributed by atoms with Crippen LogP contribution in [-0.4, -0.2) is 40.0 Å². The van der Waals surface area contributed by atoms with Crippen LogP contribution in [0.5, 0.6) is 0 Å². The lowest BCUT2D eigenvalue weighted by Crippen LogP contribution is -2.43. The Morgan fingerprint density at radius 1 is 1.42 bits per heavy atom. The molecule has 24 heavy (non-hydrogen) atoms. The lowest BCUT2D eigenvalue weighted by atomic mass is 9.96. The number of carbonyl (C=O) groups is 2. The third-order valence-electron chi connectivity index (χ3n) is 4.07. The topological polar surface area (TPSA) is 75.2 Å². The average Bonchev–Trinajstić information content (AvgIpc) is 3.10. The molecular formula is C16H17FN4O2S. The Morgan fingerprint density at radius 2 is 2.25 bits per heavy atom. The molecule has 126 valence electrons. The molecule has 0 spiro atoms. The summed E-state index contributed by atoms with van der Waals surface area (Å²) < 4.78 is 13.4. The highest BCUT2D eigenvalue weighted by Crippen LogP contribution is 2.21. The Kier molecular flexibility index (Phi) is 4.84. The van der Waals surface area contributed by atoms with Gasteiger partial charge in [0.05, 0.1) is 5.92 Å². The molecule has 8 heteroatoms. The number of likely N-dealkylation sites (tertiary alicyclic amines) is 1. The molecule has 6 nitrogen and oxygen atoms in total. The smallest absolute Gasteiger partial charge is 0.253 e. The summed E-state index contributed by atoms with van der Waals surface area (Å²) >= 11 is 1.25. The molecule has 1 aliphatic heterocycles. The number of nitrogens with one attached hydrogen (secondary N) is 1. The minimum atomic E-state index is -0.334. The van der Waals surface area contributed by atoms with Gasteiger partial charge in [0.2, 0.25) is 11.0 Å². The third-order valence-corrected chi connectivity index (χ3v) is 4.68. The Labute approximate surface area is 142 Å². The van der Waals surface area contributed by atoms with E-state index in [0.717, 1.165) is 12.8 Å². The number of hydrogen-bond donors (Lipinski definition) is 1. The summed E-state index contributed by atoms with van der Waals surface area (Å²) in [5, 5.41) is 10.7. The second-order valence-electron chi connectivity index (χ2n) is 5.79. The summed E-state index contributed by atoms with van der Waals surface area (Å²) in [7, 11) is 0.